The van der Waals surface area contributed by atoms with Crippen LogP contribution < -0.4 is 10.5 Å². The van der Waals surface area contributed by atoms with Crippen LogP contribution in [0.4, 0.5) is 11.4 Å². The van der Waals surface area contributed by atoms with E-state index in [0.717, 1.165) is 0 Å². The molecule has 0 radical (unpaired) electrons. The number of nitro benzene ring substituents is 1. The number of hydrogen-bond donors (Lipinski definition) is 0. The van der Waals surface area contributed by atoms with Gasteiger partial charge in [-0.3, -0.25) is 19.7 Å². The normalized spacial score (nSPS) is 13.8. The van der Waals surface area contributed by atoms with Gasteiger partial charge in [-0.2, -0.15) is 9.78 Å². The van der Waals surface area contributed by atoms with Crippen molar-refractivity contribution in [1.82, 2.24) is 14.7 Å². The van der Waals surface area contributed by atoms with Crippen LogP contribution in [0.5, 0.6) is 0 Å². The third-order valence-electron chi connectivity index (χ3n) is 5.14. The predicted octanol–water partition coefficient (Wildman–Crippen LogP) is 2.76. The van der Waals surface area contributed by atoms with E-state index >= 15 is 0 Å². The number of piperazine rings is 1. The predicted molar refractivity (Wildman–Crippen MR) is 116 cm³/mol. The smallest absolute Gasteiger partial charge is 0.292 e. The first kappa shape index (κ1) is 20.5. The molecule has 1 amide bonds. The van der Waals surface area contributed by atoms with Crippen LogP contribution in [0, 0.1) is 10.1 Å². The molecular formula is C21H18ClN5O4. The lowest BCUT2D eigenvalue weighted by Gasteiger charge is -2.36. The summed E-state index contributed by atoms with van der Waals surface area (Å²) in [5, 5.41) is 15.5. The molecule has 1 saturated heterocycles. The van der Waals surface area contributed by atoms with Crippen molar-refractivity contribution in [3.8, 4) is 5.69 Å². The zero-order valence-electron chi connectivity index (χ0n) is 16.3. The van der Waals surface area contributed by atoms with E-state index in [2.05, 4.69) is 5.10 Å². The number of aromatic nitrogens is 2. The van der Waals surface area contributed by atoms with Crippen LogP contribution in [-0.4, -0.2) is 51.7 Å². The molecule has 0 atom stereocenters. The van der Waals surface area contributed by atoms with Crippen LogP contribution in [0.1, 0.15) is 10.4 Å². The number of para-hydroxylation sites is 2. The first-order chi connectivity index (χ1) is 15.0. The molecule has 9 nitrogen and oxygen atoms in total. The molecule has 1 fully saturated rings. The van der Waals surface area contributed by atoms with Gasteiger partial charge in [0.25, 0.3) is 17.2 Å². The summed E-state index contributed by atoms with van der Waals surface area (Å²) in [6.07, 6.45) is 1.54. The summed E-state index contributed by atoms with van der Waals surface area (Å²) >= 11 is 6.36. The van der Waals surface area contributed by atoms with E-state index in [0.29, 0.717) is 37.6 Å². The van der Waals surface area contributed by atoms with Gasteiger partial charge in [-0.25, -0.2) is 0 Å². The summed E-state index contributed by atoms with van der Waals surface area (Å²) in [6.45, 7) is 1.51. The van der Waals surface area contributed by atoms with Gasteiger partial charge in [-0.1, -0.05) is 41.9 Å². The van der Waals surface area contributed by atoms with Crippen molar-refractivity contribution in [1.29, 1.82) is 0 Å². The maximum absolute atomic E-state index is 12.8. The topological polar surface area (TPSA) is 102 Å². The molecule has 1 aromatic heterocycles. The summed E-state index contributed by atoms with van der Waals surface area (Å²) in [6, 6.07) is 14.9. The fraction of sp³-hybridized carbons (Fsp3) is 0.190. The molecule has 31 heavy (non-hydrogen) atoms. The Balaban J connectivity index is 1.51. The summed E-state index contributed by atoms with van der Waals surface area (Å²) < 4.78 is 1.24. The van der Waals surface area contributed by atoms with Gasteiger partial charge in [0.2, 0.25) is 0 Å². The Kier molecular flexibility index (Phi) is 5.68. The Morgan fingerprint density at radius 3 is 2.32 bits per heavy atom. The molecule has 0 unspecified atom stereocenters. The molecule has 2 heterocycles. The Bertz CT molecular complexity index is 1190. The number of carbonyl (C=O) groups excluding carboxylic acids is 1. The zero-order valence-corrected chi connectivity index (χ0v) is 17.1. The van der Waals surface area contributed by atoms with Crippen LogP contribution >= 0.6 is 11.6 Å². The summed E-state index contributed by atoms with van der Waals surface area (Å²) in [5.74, 6) is -0.393. The number of amides is 1. The van der Waals surface area contributed by atoms with E-state index in [1.165, 1.54) is 29.1 Å². The largest absolute Gasteiger partial charge is 0.365 e. The molecule has 4 rings (SSSR count). The number of hydrogen-bond acceptors (Lipinski definition) is 6. The molecule has 10 heteroatoms. The van der Waals surface area contributed by atoms with E-state index in [-0.39, 0.29) is 16.3 Å². The number of anilines is 1. The van der Waals surface area contributed by atoms with Gasteiger partial charge < -0.3 is 9.80 Å². The second kappa shape index (κ2) is 8.57. The average Bonchev–Trinajstić information content (AvgIpc) is 2.81. The van der Waals surface area contributed by atoms with Crippen molar-refractivity contribution < 1.29 is 9.72 Å². The highest BCUT2D eigenvalue weighted by Crippen LogP contribution is 2.25. The monoisotopic (exact) mass is 439 g/mol. The SMILES string of the molecule is O=C(c1ccccc1[N+](=O)[O-])N1CCN(c2cnn(-c3ccccc3)c(=O)c2Cl)CC1. The van der Waals surface area contributed by atoms with Gasteiger partial charge in [-0.15, -0.1) is 0 Å². The summed E-state index contributed by atoms with van der Waals surface area (Å²) in [4.78, 5) is 39.6. The lowest BCUT2D eigenvalue weighted by Crippen LogP contribution is -2.49. The maximum atomic E-state index is 12.8. The standard InChI is InChI=1S/C21H18ClN5O4/c22-19-18(14-23-26(21(19)29)15-6-2-1-3-7-15)24-10-12-25(13-11-24)20(28)16-8-4-5-9-17(16)27(30)31/h1-9,14H,10-13H2. The summed E-state index contributed by atoms with van der Waals surface area (Å²) in [7, 11) is 0. The van der Waals surface area contributed by atoms with Crippen LogP contribution in [0.3, 0.4) is 0 Å². The van der Waals surface area contributed by atoms with Gasteiger partial charge in [0.15, 0.2) is 0 Å². The minimum atomic E-state index is -0.559. The van der Waals surface area contributed by atoms with Crippen molar-refractivity contribution in [3.05, 3.63) is 91.8 Å². The number of rotatable bonds is 4. The molecule has 0 aliphatic carbocycles. The maximum Gasteiger partial charge on any atom is 0.292 e. The third-order valence-corrected chi connectivity index (χ3v) is 5.50. The Morgan fingerprint density at radius 1 is 1.00 bits per heavy atom. The van der Waals surface area contributed by atoms with Crippen LogP contribution in [0.2, 0.25) is 5.02 Å². The first-order valence-corrected chi connectivity index (χ1v) is 9.96. The Labute approximate surface area is 182 Å². The Morgan fingerprint density at radius 2 is 1.65 bits per heavy atom. The molecule has 0 saturated carbocycles. The Hall–Kier alpha value is -3.72. The molecule has 0 spiro atoms. The van der Waals surface area contributed by atoms with Crippen molar-refractivity contribution >= 4 is 28.9 Å². The molecule has 0 bridgehead atoms. The van der Waals surface area contributed by atoms with E-state index < -0.39 is 16.4 Å². The molecular weight excluding hydrogens is 422 g/mol. The number of halogens is 1. The lowest BCUT2D eigenvalue weighted by atomic mass is 10.1. The molecule has 158 valence electrons. The number of carbonyl (C=O) groups is 1. The van der Waals surface area contributed by atoms with Gasteiger partial charge in [-0.05, 0) is 18.2 Å². The molecule has 3 aromatic rings. The van der Waals surface area contributed by atoms with Crippen molar-refractivity contribution in [2.24, 2.45) is 0 Å². The lowest BCUT2D eigenvalue weighted by molar-refractivity contribution is -0.385. The van der Waals surface area contributed by atoms with Gasteiger partial charge >= 0.3 is 0 Å². The van der Waals surface area contributed by atoms with E-state index in [4.69, 9.17) is 11.6 Å². The van der Waals surface area contributed by atoms with Crippen LogP contribution in [-0.2, 0) is 0 Å². The molecule has 2 aromatic carbocycles. The first-order valence-electron chi connectivity index (χ1n) is 9.58. The van der Waals surface area contributed by atoms with Gasteiger partial charge in [0.05, 0.1) is 22.5 Å². The van der Waals surface area contributed by atoms with Crippen molar-refractivity contribution in [3.63, 3.8) is 0 Å². The number of nitro groups is 1. The summed E-state index contributed by atoms with van der Waals surface area (Å²) in [5.41, 5.74) is 0.527. The third kappa shape index (κ3) is 3.99. The fourth-order valence-corrected chi connectivity index (χ4v) is 3.78. The molecule has 0 N–H and O–H groups in total. The van der Waals surface area contributed by atoms with E-state index in [1.54, 1.807) is 35.2 Å². The number of nitrogens with zero attached hydrogens (tertiary/aromatic N) is 5. The van der Waals surface area contributed by atoms with Gasteiger partial charge in [0.1, 0.15) is 10.6 Å². The van der Waals surface area contributed by atoms with Crippen LogP contribution in [0.25, 0.3) is 5.69 Å². The quantitative estimate of drug-likeness (QED) is 0.457. The van der Waals surface area contributed by atoms with Gasteiger partial charge in [0, 0.05) is 32.2 Å². The molecule has 1 aliphatic rings. The average molecular weight is 440 g/mol. The second-order valence-electron chi connectivity index (χ2n) is 6.95. The van der Waals surface area contributed by atoms with Crippen molar-refractivity contribution in [2.75, 3.05) is 31.1 Å². The number of benzene rings is 2. The van der Waals surface area contributed by atoms with Crippen LogP contribution in [0.15, 0.2) is 65.6 Å². The zero-order chi connectivity index (χ0) is 22.0. The fourth-order valence-electron chi connectivity index (χ4n) is 3.53. The minimum absolute atomic E-state index is 0.0531. The highest BCUT2D eigenvalue weighted by Gasteiger charge is 2.28. The second-order valence-corrected chi connectivity index (χ2v) is 7.33. The van der Waals surface area contributed by atoms with Crippen molar-refractivity contribution in [2.45, 2.75) is 0 Å². The minimum Gasteiger partial charge on any atom is -0.365 e. The highest BCUT2D eigenvalue weighted by atomic mass is 35.5. The highest BCUT2D eigenvalue weighted by molar-refractivity contribution is 6.33. The van der Waals surface area contributed by atoms with E-state index in [1.807, 2.05) is 11.0 Å². The van der Waals surface area contributed by atoms with E-state index in [9.17, 15) is 19.7 Å². The molecule has 1 aliphatic heterocycles.